The minimum Gasteiger partial charge on any atom is -0.433 e. The van der Waals surface area contributed by atoms with Crippen molar-refractivity contribution in [2.75, 3.05) is 10.6 Å². The first-order valence-electron chi connectivity index (χ1n) is 8.83. The zero-order valence-electron chi connectivity index (χ0n) is 16.0. The smallest absolute Gasteiger partial charge is 0.387 e. The molecule has 0 amide bonds. The Labute approximate surface area is 187 Å². The van der Waals surface area contributed by atoms with Crippen LogP contribution >= 0.6 is 35.4 Å². The SMILES string of the molecule is Cc1ccc(NC(=S)Nc2cc(C)n(Cc3c(Cl)cccc3Cl)n2)c(OC(F)F)c1. The molecule has 0 fully saturated rings. The Hall–Kier alpha value is -2.42. The van der Waals surface area contributed by atoms with Gasteiger partial charge in [-0.25, -0.2) is 0 Å². The van der Waals surface area contributed by atoms with Crippen molar-refractivity contribution in [1.82, 2.24) is 9.78 Å². The summed E-state index contributed by atoms with van der Waals surface area (Å²) in [6.45, 7) is 1.10. The predicted molar refractivity (Wildman–Crippen MR) is 120 cm³/mol. The van der Waals surface area contributed by atoms with Gasteiger partial charge in [-0.05, 0) is 55.9 Å². The fraction of sp³-hybridized carbons (Fsp3) is 0.200. The van der Waals surface area contributed by atoms with Crippen LogP contribution in [0, 0.1) is 13.8 Å². The normalized spacial score (nSPS) is 10.9. The third-order valence-electron chi connectivity index (χ3n) is 4.19. The Morgan fingerprint density at radius 3 is 2.50 bits per heavy atom. The molecule has 30 heavy (non-hydrogen) atoms. The Kier molecular flexibility index (Phi) is 7.12. The number of rotatable bonds is 6. The van der Waals surface area contributed by atoms with Crippen LogP contribution in [0.1, 0.15) is 16.8 Å². The molecular formula is C20H18Cl2F2N4OS. The van der Waals surface area contributed by atoms with Crippen LogP contribution in [-0.2, 0) is 6.54 Å². The molecule has 158 valence electrons. The third-order valence-corrected chi connectivity index (χ3v) is 5.11. The summed E-state index contributed by atoms with van der Waals surface area (Å²) in [7, 11) is 0. The lowest BCUT2D eigenvalue weighted by Gasteiger charge is -2.14. The van der Waals surface area contributed by atoms with Gasteiger partial charge in [0.15, 0.2) is 10.9 Å². The minimum absolute atomic E-state index is 0.00391. The van der Waals surface area contributed by atoms with E-state index in [0.717, 1.165) is 16.8 Å². The van der Waals surface area contributed by atoms with Gasteiger partial charge in [0.2, 0.25) is 0 Å². The van der Waals surface area contributed by atoms with Gasteiger partial charge < -0.3 is 15.4 Å². The second-order valence-electron chi connectivity index (χ2n) is 6.49. The summed E-state index contributed by atoms with van der Waals surface area (Å²) in [5.74, 6) is 0.487. The lowest BCUT2D eigenvalue weighted by Crippen LogP contribution is -2.20. The predicted octanol–water partition coefficient (Wildman–Crippen LogP) is 6.27. The molecule has 5 nitrogen and oxygen atoms in total. The van der Waals surface area contributed by atoms with E-state index in [1.807, 2.05) is 6.92 Å². The van der Waals surface area contributed by atoms with Gasteiger partial charge in [-0.3, -0.25) is 4.68 Å². The molecular weight excluding hydrogens is 453 g/mol. The first kappa shape index (κ1) is 22.3. The summed E-state index contributed by atoms with van der Waals surface area (Å²) in [6.07, 6.45) is 0. The summed E-state index contributed by atoms with van der Waals surface area (Å²) >= 11 is 17.8. The van der Waals surface area contributed by atoms with Crippen LogP contribution in [0.15, 0.2) is 42.5 Å². The molecule has 0 unspecified atom stereocenters. The maximum Gasteiger partial charge on any atom is 0.387 e. The van der Waals surface area contributed by atoms with Crippen LogP contribution in [-0.4, -0.2) is 21.5 Å². The van der Waals surface area contributed by atoms with E-state index >= 15 is 0 Å². The molecule has 0 aliphatic carbocycles. The lowest BCUT2D eigenvalue weighted by molar-refractivity contribution is -0.0493. The largest absolute Gasteiger partial charge is 0.433 e. The first-order valence-corrected chi connectivity index (χ1v) is 10.00. The quantitative estimate of drug-likeness (QED) is 0.416. The number of nitrogens with zero attached hydrogens (tertiary/aromatic N) is 2. The zero-order valence-corrected chi connectivity index (χ0v) is 18.4. The summed E-state index contributed by atoms with van der Waals surface area (Å²) in [5, 5.41) is 11.5. The molecule has 0 saturated carbocycles. The molecule has 0 saturated heterocycles. The lowest BCUT2D eigenvalue weighted by atomic mass is 10.2. The number of hydrogen-bond donors (Lipinski definition) is 2. The molecule has 0 atom stereocenters. The van der Waals surface area contributed by atoms with Gasteiger partial charge in [0.1, 0.15) is 5.75 Å². The maximum atomic E-state index is 12.7. The number of aromatic nitrogens is 2. The first-order chi connectivity index (χ1) is 14.2. The molecule has 2 aromatic carbocycles. The highest BCUT2D eigenvalue weighted by Gasteiger charge is 2.13. The van der Waals surface area contributed by atoms with Gasteiger partial charge in [-0.15, -0.1) is 0 Å². The average Bonchev–Trinajstić information content (AvgIpc) is 2.99. The number of ether oxygens (including phenoxy) is 1. The molecule has 0 bridgehead atoms. The van der Waals surface area contributed by atoms with Gasteiger partial charge >= 0.3 is 6.61 Å². The Balaban J connectivity index is 1.72. The van der Waals surface area contributed by atoms with Crippen LogP contribution in [0.5, 0.6) is 5.75 Å². The second kappa shape index (κ2) is 9.59. The zero-order chi connectivity index (χ0) is 21.8. The number of benzene rings is 2. The summed E-state index contributed by atoms with van der Waals surface area (Å²) in [6, 6.07) is 12.0. The van der Waals surface area contributed by atoms with Crippen molar-refractivity contribution in [3.63, 3.8) is 0 Å². The van der Waals surface area contributed by atoms with E-state index in [2.05, 4.69) is 20.5 Å². The molecule has 0 aliphatic rings. The molecule has 1 aromatic heterocycles. The van der Waals surface area contributed by atoms with E-state index in [1.165, 1.54) is 6.07 Å². The molecule has 0 spiro atoms. The molecule has 10 heteroatoms. The van der Waals surface area contributed by atoms with Crippen LogP contribution in [0.3, 0.4) is 0 Å². The van der Waals surface area contributed by atoms with Crippen molar-refractivity contribution < 1.29 is 13.5 Å². The van der Waals surface area contributed by atoms with E-state index < -0.39 is 6.61 Å². The van der Waals surface area contributed by atoms with Crippen molar-refractivity contribution in [2.45, 2.75) is 27.0 Å². The van der Waals surface area contributed by atoms with E-state index in [1.54, 1.807) is 48.0 Å². The van der Waals surface area contributed by atoms with Crippen molar-refractivity contribution >= 4 is 52.0 Å². The number of aryl methyl sites for hydroxylation is 2. The Morgan fingerprint density at radius 2 is 1.83 bits per heavy atom. The van der Waals surface area contributed by atoms with Gasteiger partial charge in [-0.1, -0.05) is 35.3 Å². The van der Waals surface area contributed by atoms with Gasteiger partial charge in [0.05, 0.1) is 12.2 Å². The Morgan fingerprint density at radius 1 is 1.13 bits per heavy atom. The van der Waals surface area contributed by atoms with Gasteiger partial charge in [0, 0.05) is 27.4 Å². The van der Waals surface area contributed by atoms with E-state index in [0.29, 0.717) is 28.1 Å². The fourth-order valence-electron chi connectivity index (χ4n) is 2.76. The van der Waals surface area contributed by atoms with Crippen LogP contribution < -0.4 is 15.4 Å². The van der Waals surface area contributed by atoms with Crippen LogP contribution in [0.2, 0.25) is 10.0 Å². The van der Waals surface area contributed by atoms with Gasteiger partial charge in [0.25, 0.3) is 0 Å². The highest BCUT2D eigenvalue weighted by Crippen LogP contribution is 2.28. The van der Waals surface area contributed by atoms with E-state index in [4.69, 9.17) is 35.4 Å². The average molecular weight is 471 g/mol. The molecule has 3 aromatic rings. The monoisotopic (exact) mass is 470 g/mol. The summed E-state index contributed by atoms with van der Waals surface area (Å²) in [5.41, 5.74) is 2.71. The highest BCUT2D eigenvalue weighted by atomic mass is 35.5. The summed E-state index contributed by atoms with van der Waals surface area (Å²) in [4.78, 5) is 0. The molecule has 0 aliphatic heterocycles. The van der Waals surface area contributed by atoms with Crippen LogP contribution in [0.4, 0.5) is 20.3 Å². The van der Waals surface area contributed by atoms with E-state index in [9.17, 15) is 8.78 Å². The fourth-order valence-corrected chi connectivity index (χ4v) is 3.49. The number of halogens is 4. The minimum atomic E-state index is -2.94. The maximum absolute atomic E-state index is 12.7. The highest BCUT2D eigenvalue weighted by molar-refractivity contribution is 7.80. The topological polar surface area (TPSA) is 51.1 Å². The number of thiocarbonyl (C=S) groups is 1. The van der Waals surface area contributed by atoms with Crippen molar-refractivity contribution in [3.8, 4) is 5.75 Å². The molecule has 1 heterocycles. The molecule has 0 radical (unpaired) electrons. The summed E-state index contributed by atoms with van der Waals surface area (Å²) < 4.78 is 31.6. The number of anilines is 2. The number of nitrogens with one attached hydrogen (secondary N) is 2. The molecule has 2 N–H and O–H groups in total. The van der Waals surface area contributed by atoms with Gasteiger partial charge in [-0.2, -0.15) is 13.9 Å². The van der Waals surface area contributed by atoms with Crippen molar-refractivity contribution in [2.24, 2.45) is 0 Å². The standard InChI is InChI=1S/C20H18Cl2F2N4OS/c1-11-6-7-16(17(8-11)29-19(23)24)25-20(30)26-18-9-12(2)28(27-18)10-13-14(21)4-3-5-15(13)22/h3-9,19H,10H2,1-2H3,(H2,25,26,27,30). The van der Waals surface area contributed by atoms with Crippen molar-refractivity contribution in [1.29, 1.82) is 0 Å². The second-order valence-corrected chi connectivity index (χ2v) is 7.71. The molecule has 3 rings (SSSR count). The van der Waals surface area contributed by atoms with Crippen molar-refractivity contribution in [3.05, 3.63) is 69.3 Å². The number of alkyl halides is 2. The third kappa shape index (κ3) is 5.59. The number of hydrogen-bond acceptors (Lipinski definition) is 3. The Bertz CT molecular complexity index is 1050. The van der Waals surface area contributed by atoms with E-state index in [-0.39, 0.29) is 10.9 Å². The van der Waals surface area contributed by atoms with Crippen LogP contribution in [0.25, 0.3) is 0 Å².